The number of aromatic nitrogens is 5. The summed E-state index contributed by atoms with van der Waals surface area (Å²) in [6, 6.07) is 14.0. The maximum Gasteiger partial charge on any atom is 0.350 e. The van der Waals surface area contributed by atoms with Crippen molar-refractivity contribution in [2.75, 3.05) is 13.1 Å². The smallest absolute Gasteiger partial charge is 0.350 e. The Bertz CT molecular complexity index is 1540. The summed E-state index contributed by atoms with van der Waals surface area (Å²) in [5.74, 6) is -0.325. The van der Waals surface area contributed by atoms with Crippen LogP contribution in [0.25, 0.3) is 44.1 Å². The van der Waals surface area contributed by atoms with E-state index in [2.05, 4.69) is 36.3 Å². The van der Waals surface area contributed by atoms with Gasteiger partial charge in [-0.15, -0.1) is 11.3 Å². The summed E-state index contributed by atoms with van der Waals surface area (Å²) in [5.41, 5.74) is 6.18. The molecule has 6 rings (SSSR count). The number of ether oxygens (including phenoxy) is 1. The quantitative estimate of drug-likeness (QED) is 0.352. The third-order valence-electron chi connectivity index (χ3n) is 5.98. The SMILES string of the molecule is Cc1cccc(-c2[nH]cnc2-c2ccc3ncc(-c4ncc(C(=O)O[C@H]5CCNC5)s4)cc3c2)n1. The predicted octanol–water partition coefficient (Wildman–Crippen LogP) is 4.64. The van der Waals surface area contributed by atoms with Gasteiger partial charge in [-0.25, -0.2) is 14.8 Å². The van der Waals surface area contributed by atoms with Crippen molar-refractivity contribution in [1.82, 2.24) is 30.2 Å². The summed E-state index contributed by atoms with van der Waals surface area (Å²) < 4.78 is 5.57. The van der Waals surface area contributed by atoms with E-state index in [0.717, 1.165) is 62.8 Å². The summed E-state index contributed by atoms with van der Waals surface area (Å²) in [4.78, 5) is 34.5. The second-order valence-electron chi connectivity index (χ2n) is 8.47. The fraction of sp³-hybridized carbons (Fsp3) is 0.192. The van der Waals surface area contributed by atoms with E-state index >= 15 is 0 Å². The third-order valence-corrected chi connectivity index (χ3v) is 7.01. The van der Waals surface area contributed by atoms with Gasteiger partial charge in [-0.1, -0.05) is 12.1 Å². The van der Waals surface area contributed by atoms with Crippen molar-refractivity contribution in [1.29, 1.82) is 0 Å². The molecule has 0 saturated carbocycles. The summed E-state index contributed by atoms with van der Waals surface area (Å²) >= 11 is 1.32. The van der Waals surface area contributed by atoms with Crippen LogP contribution in [0.4, 0.5) is 0 Å². The lowest BCUT2D eigenvalue weighted by atomic mass is 10.0. The molecule has 8 nitrogen and oxygen atoms in total. The largest absolute Gasteiger partial charge is 0.457 e. The van der Waals surface area contributed by atoms with Crippen molar-refractivity contribution in [3.05, 3.63) is 71.8 Å². The number of aryl methyl sites for hydroxylation is 1. The highest BCUT2D eigenvalue weighted by Gasteiger charge is 2.22. The van der Waals surface area contributed by atoms with Crippen LogP contribution in [0.1, 0.15) is 21.8 Å². The number of carbonyl (C=O) groups is 1. The van der Waals surface area contributed by atoms with Gasteiger partial charge < -0.3 is 15.0 Å². The van der Waals surface area contributed by atoms with Crippen LogP contribution in [0, 0.1) is 6.92 Å². The highest BCUT2D eigenvalue weighted by molar-refractivity contribution is 7.16. The average molecular weight is 483 g/mol. The number of nitrogens with one attached hydrogen (secondary N) is 2. The van der Waals surface area contributed by atoms with Crippen LogP contribution < -0.4 is 5.32 Å². The Morgan fingerprint density at radius 3 is 2.86 bits per heavy atom. The van der Waals surface area contributed by atoms with Crippen molar-refractivity contribution in [2.24, 2.45) is 0 Å². The fourth-order valence-electron chi connectivity index (χ4n) is 4.23. The van der Waals surface area contributed by atoms with Gasteiger partial charge >= 0.3 is 5.97 Å². The monoisotopic (exact) mass is 482 g/mol. The molecule has 2 N–H and O–H groups in total. The lowest BCUT2D eigenvalue weighted by Crippen LogP contribution is -2.20. The van der Waals surface area contributed by atoms with Crippen LogP contribution in [0.5, 0.6) is 0 Å². The maximum atomic E-state index is 12.5. The van der Waals surface area contributed by atoms with E-state index in [1.165, 1.54) is 11.3 Å². The first-order chi connectivity index (χ1) is 17.1. The molecule has 0 bridgehead atoms. The van der Waals surface area contributed by atoms with Crippen molar-refractivity contribution >= 4 is 28.2 Å². The number of hydrogen-bond donors (Lipinski definition) is 2. The van der Waals surface area contributed by atoms with Gasteiger partial charge in [0.15, 0.2) is 0 Å². The van der Waals surface area contributed by atoms with E-state index in [1.54, 1.807) is 18.7 Å². The lowest BCUT2D eigenvalue weighted by molar-refractivity contribution is 0.0350. The van der Waals surface area contributed by atoms with Gasteiger partial charge in [-0.2, -0.15) is 0 Å². The van der Waals surface area contributed by atoms with Gasteiger partial charge in [0.05, 0.1) is 35.1 Å². The Kier molecular flexibility index (Phi) is 5.55. The maximum absolute atomic E-state index is 12.5. The van der Waals surface area contributed by atoms with E-state index in [9.17, 15) is 4.79 Å². The van der Waals surface area contributed by atoms with Crippen LogP contribution in [0.3, 0.4) is 0 Å². The number of nitrogens with zero attached hydrogens (tertiary/aromatic N) is 4. The zero-order valence-electron chi connectivity index (χ0n) is 19.0. The highest BCUT2D eigenvalue weighted by Crippen LogP contribution is 2.32. The molecule has 1 fully saturated rings. The third kappa shape index (κ3) is 4.31. The lowest BCUT2D eigenvalue weighted by Gasteiger charge is -2.08. The first kappa shape index (κ1) is 21.6. The zero-order chi connectivity index (χ0) is 23.8. The molecule has 1 aromatic carbocycles. The second-order valence-corrected chi connectivity index (χ2v) is 9.50. The number of thiazole rings is 1. The molecule has 1 saturated heterocycles. The van der Waals surface area contributed by atoms with E-state index in [1.807, 2.05) is 43.3 Å². The van der Waals surface area contributed by atoms with E-state index in [0.29, 0.717) is 11.4 Å². The number of carbonyl (C=O) groups excluding carboxylic acids is 1. The molecular formula is C26H22N6O2S. The normalized spacial score (nSPS) is 15.5. The molecule has 5 heterocycles. The van der Waals surface area contributed by atoms with Gasteiger partial charge in [0.1, 0.15) is 16.0 Å². The number of imidazole rings is 1. The standard InChI is InChI=1S/C26H22N6O2S/c1-15-3-2-4-21(32-15)24-23(30-14-31-24)16-5-6-20-17(9-16)10-18(11-28-20)25-29-13-22(35-25)26(33)34-19-7-8-27-12-19/h2-6,9-11,13-14,19,27H,7-8,12H2,1H3,(H,30,31)/t19-/m0/s1. The van der Waals surface area contributed by atoms with Crippen LogP contribution in [-0.4, -0.2) is 50.1 Å². The Morgan fingerprint density at radius 2 is 2.00 bits per heavy atom. The Morgan fingerprint density at radius 1 is 1.09 bits per heavy atom. The van der Waals surface area contributed by atoms with Crippen molar-refractivity contribution < 1.29 is 9.53 Å². The van der Waals surface area contributed by atoms with Crippen molar-refractivity contribution in [3.8, 4) is 33.2 Å². The molecule has 1 aliphatic heterocycles. The number of H-pyrrole nitrogens is 1. The minimum Gasteiger partial charge on any atom is -0.457 e. The predicted molar refractivity (Wildman–Crippen MR) is 135 cm³/mol. The number of benzene rings is 1. The minimum atomic E-state index is -0.325. The molecule has 1 aliphatic rings. The van der Waals surface area contributed by atoms with Gasteiger partial charge in [-0.05, 0) is 50.2 Å². The van der Waals surface area contributed by atoms with Gasteiger partial charge in [0.2, 0.25) is 0 Å². The van der Waals surface area contributed by atoms with E-state index in [-0.39, 0.29) is 12.1 Å². The van der Waals surface area contributed by atoms with Gasteiger partial charge in [-0.3, -0.25) is 9.97 Å². The summed E-state index contributed by atoms with van der Waals surface area (Å²) in [5, 5.41) is 4.89. The second kappa shape index (κ2) is 9.01. The Hall–Kier alpha value is -3.95. The van der Waals surface area contributed by atoms with Crippen molar-refractivity contribution in [3.63, 3.8) is 0 Å². The molecule has 0 radical (unpaired) electrons. The van der Waals surface area contributed by atoms with Crippen LogP contribution in [0.2, 0.25) is 0 Å². The summed E-state index contributed by atoms with van der Waals surface area (Å²) in [6.07, 6.45) is 5.82. The Balaban J connectivity index is 1.31. The Labute approximate surface area is 205 Å². The molecule has 0 aliphatic carbocycles. The molecular weight excluding hydrogens is 460 g/mol. The number of pyridine rings is 2. The molecule has 5 aromatic rings. The first-order valence-corrected chi connectivity index (χ1v) is 12.2. The van der Waals surface area contributed by atoms with Crippen LogP contribution in [-0.2, 0) is 4.74 Å². The molecule has 1 atom stereocenters. The summed E-state index contributed by atoms with van der Waals surface area (Å²) in [7, 11) is 0. The number of esters is 1. The fourth-order valence-corrected chi connectivity index (χ4v) is 5.01. The zero-order valence-corrected chi connectivity index (χ0v) is 19.8. The number of rotatable bonds is 5. The average Bonchev–Trinajstić information content (AvgIpc) is 3.65. The van der Waals surface area contributed by atoms with Crippen LogP contribution in [0.15, 0.2) is 61.2 Å². The van der Waals surface area contributed by atoms with E-state index in [4.69, 9.17) is 4.74 Å². The van der Waals surface area contributed by atoms with E-state index < -0.39 is 0 Å². The molecule has 4 aromatic heterocycles. The molecule has 0 unspecified atom stereocenters. The van der Waals surface area contributed by atoms with Gasteiger partial charge in [0, 0.05) is 34.9 Å². The highest BCUT2D eigenvalue weighted by atomic mass is 32.1. The molecule has 0 amide bonds. The molecule has 35 heavy (non-hydrogen) atoms. The van der Waals surface area contributed by atoms with Crippen molar-refractivity contribution in [2.45, 2.75) is 19.4 Å². The molecule has 9 heteroatoms. The number of hydrogen-bond acceptors (Lipinski definition) is 8. The topological polar surface area (TPSA) is 106 Å². The number of aromatic amines is 1. The number of fused-ring (bicyclic) bond motifs is 1. The summed E-state index contributed by atoms with van der Waals surface area (Å²) in [6.45, 7) is 3.54. The van der Waals surface area contributed by atoms with Gasteiger partial charge in [0.25, 0.3) is 0 Å². The minimum absolute atomic E-state index is 0.0734. The first-order valence-electron chi connectivity index (χ1n) is 11.4. The molecule has 0 spiro atoms. The molecule has 174 valence electrons. The van der Waals surface area contributed by atoms with Crippen LogP contribution >= 0.6 is 11.3 Å².